The average molecular weight is 483 g/mol. The number of ether oxygens (including phenoxy) is 1. The van der Waals surface area contributed by atoms with Crippen LogP contribution in [0.25, 0.3) is 0 Å². The van der Waals surface area contributed by atoms with Gasteiger partial charge in [-0.2, -0.15) is 16.8 Å². The van der Waals surface area contributed by atoms with E-state index >= 15 is 0 Å². The van der Waals surface area contributed by atoms with E-state index in [1.54, 1.807) is 6.92 Å². The molecular formula is C19H34N2O8S2. The van der Waals surface area contributed by atoms with Gasteiger partial charge in [-0.1, -0.05) is 0 Å². The predicted octanol–water partition coefficient (Wildman–Crippen LogP) is -0.0972. The lowest BCUT2D eigenvalue weighted by Crippen LogP contribution is -2.62. The van der Waals surface area contributed by atoms with Crippen LogP contribution in [0.4, 0.5) is 0 Å². The molecule has 10 nitrogen and oxygen atoms in total. The number of nitrogens with zero attached hydrogens (tertiary/aromatic N) is 2. The molecule has 12 heteroatoms. The van der Waals surface area contributed by atoms with Gasteiger partial charge in [-0.05, 0) is 26.2 Å². The van der Waals surface area contributed by atoms with E-state index in [1.165, 1.54) is 0 Å². The second-order valence-electron chi connectivity index (χ2n) is 9.01. The van der Waals surface area contributed by atoms with Gasteiger partial charge in [-0.3, -0.25) is 23.0 Å². The highest BCUT2D eigenvalue weighted by atomic mass is 32.2. The van der Waals surface area contributed by atoms with Crippen LogP contribution >= 0.6 is 0 Å². The van der Waals surface area contributed by atoms with Gasteiger partial charge in [-0.25, -0.2) is 0 Å². The lowest BCUT2D eigenvalue weighted by molar-refractivity contribution is -0.155. The maximum atomic E-state index is 12.5. The molecule has 2 heterocycles. The van der Waals surface area contributed by atoms with Crippen molar-refractivity contribution in [2.45, 2.75) is 38.3 Å². The van der Waals surface area contributed by atoms with E-state index in [0.717, 1.165) is 44.9 Å². The van der Waals surface area contributed by atoms with Crippen LogP contribution in [0.5, 0.6) is 0 Å². The molecule has 0 radical (unpaired) electrons. The monoisotopic (exact) mass is 482 g/mol. The molecular weight excluding hydrogens is 448 g/mol. The quantitative estimate of drug-likeness (QED) is 0.308. The molecule has 180 valence electrons. The fourth-order valence-electron chi connectivity index (χ4n) is 4.82. The largest absolute Gasteiger partial charge is 0.466 e. The Morgan fingerprint density at radius 2 is 1.39 bits per heavy atom. The van der Waals surface area contributed by atoms with Gasteiger partial charge in [0.25, 0.3) is 20.2 Å². The number of carbonyl (C=O) groups excluding carboxylic acids is 1. The molecule has 3 fully saturated rings. The van der Waals surface area contributed by atoms with Crippen LogP contribution in [-0.2, 0) is 38.1 Å². The van der Waals surface area contributed by atoms with E-state index in [2.05, 4.69) is 9.80 Å². The Morgan fingerprint density at radius 3 is 1.87 bits per heavy atom. The van der Waals surface area contributed by atoms with Crippen LogP contribution in [0.1, 0.15) is 26.2 Å². The molecule has 0 spiro atoms. The summed E-state index contributed by atoms with van der Waals surface area (Å²) in [7, 11) is -6.87. The minimum absolute atomic E-state index is 0.0543. The zero-order valence-corrected chi connectivity index (χ0v) is 20.1. The number of rotatable bonds is 10. The summed E-state index contributed by atoms with van der Waals surface area (Å²) in [5, 5.41) is 0. The summed E-state index contributed by atoms with van der Waals surface area (Å²) < 4.78 is 59.9. The minimum atomic E-state index is -3.45. The van der Waals surface area contributed by atoms with E-state index in [-0.39, 0.29) is 43.0 Å². The van der Waals surface area contributed by atoms with E-state index in [9.17, 15) is 21.6 Å². The highest BCUT2D eigenvalue weighted by Gasteiger charge is 2.46. The van der Waals surface area contributed by atoms with Crippen molar-refractivity contribution >= 4 is 26.2 Å². The Kier molecular flexibility index (Phi) is 8.02. The van der Waals surface area contributed by atoms with Crippen molar-refractivity contribution in [2.24, 2.45) is 17.8 Å². The number of carbonyl (C=O) groups is 1. The molecule has 0 N–H and O–H groups in total. The summed E-state index contributed by atoms with van der Waals surface area (Å²) in [6, 6.07) is 0.384. The van der Waals surface area contributed by atoms with Gasteiger partial charge in [0.1, 0.15) is 0 Å². The predicted molar refractivity (Wildman–Crippen MR) is 113 cm³/mol. The highest BCUT2D eigenvalue weighted by Crippen LogP contribution is 2.37. The third-order valence-corrected chi connectivity index (χ3v) is 7.50. The Hall–Kier alpha value is -0.790. The van der Waals surface area contributed by atoms with Crippen LogP contribution in [0.2, 0.25) is 0 Å². The first-order valence-electron chi connectivity index (χ1n) is 10.8. The van der Waals surface area contributed by atoms with Gasteiger partial charge < -0.3 is 4.74 Å². The van der Waals surface area contributed by atoms with Crippen LogP contribution in [0.15, 0.2) is 0 Å². The van der Waals surface area contributed by atoms with Gasteiger partial charge in [0.2, 0.25) is 0 Å². The molecule has 0 aromatic rings. The summed E-state index contributed by atoms with van der Waals surface area (Å²) in [5.74, 6) is 0.000376. The summed E-state index contributed by atoms with van der Waals surface area (Å²) in [6.45, 7) is 5.53. The smallest absolute Gasteiger partial charge is 0.310 e. The lowest BCUT2D eigenvalue weighted by atomic mass is 9.77. The number of hydrogen-bond donors (Lipinski definition) is 0. The van der Waals surface area contributed by atoms with Crippen molar-refractivity contribution in [3.63, 3.8) is 0 Å². The summed E-state index contributed by atoms with van der Waals surface area (Å²) in [4.78, 5) is 17.1. The van der Waals surface area contributed by atoms with E-state index in [0.29, 0.717) is 25.7 Å². The molecule has 1 saturated carbocycles. The topological polar surface area (TPSA) is 120 Å². The van der Waals surface area contributed by atoms with Crippen LogP contribution in [0, 0.1) is 17.8 Å². The van der Waals surface area contributed by atoms with E-state index < -0.39 is 20.2 Å². The molecule has 2 saturated heterocycles. The maximum absolute atomic E-state index is 12.5. The minimum Gasteiger partial charge on any atom is -0.466 e. The third-order valence-electron chi connectivity index (χ3n) is 6.37. The average Bonchev–Trinajstić information content (AvgIpc) is 2.57. The van der Waals surface area contributed by atoms with Gasteiger partial charge in [-0.15, -0.1) is 0 Å². The van der Waals surface area contributed by atoms with Gasteiger partial charge >= 0.3 is 5.97 Å². The van der Waals surface area contributed by atoms with Crippen molar-refractivity contribution in [3.05, 3.63) is 0 Å². The zero-order chi connectivity index (χ0) is 22.8. The highest BCUT2D eigenvalue weighted by molar-refractivity contribution is 7.86. The standard InChI is InChI=1S/C19H34N2O8S2/c1-4-27-19(22)17-6-5-16(20-8-14(9-20)12-28-30(2,23)24)7-18(17)21-10-15(11-21)13-29-31(3,25)26/h14-18H,4-13H2,1-3H3. The Balaban J connectivity index is 1.53. The van der Waals surface area contributed by atoms with Crippen molar-refractivity contribution in [3.8, 4) is 0 Å². The molecule has 0 amide bonds. The third kappa shape index (κ3) is 7.10. The molecule has 3 aliphatic rings. The first kappa shape index (κ1) is 24.8. The van der Waals surface area contributed by atoms with Crippen LogP contribution < -0.4 is 0 Å². The summed E-state index contributed by atoms with van der Waals surface area (Å²) in [6.07, 6.45) is 4.59. The van der Waals surface area contributed by atoms with Gasteiger partial charge in [0, 0.05) is 50.1 Å². The Bertz CT molecular complexity index is 835. The second-order valence-corrected chi connectivity index (χ2v) is 12.3. The summed E-state index contributed by atoms with van der Waals surface area (Å²) in [5.41, 5.74) is 0. The van der Waals surface area contributed by atoms with Gasteiger partial charge in [0.15, 0.2) is 0 Å². The number of likely N-dealkylation sites (tertiary alicyclic amines) is 2. The molecule has 3 rings (SSSR count). The number of esters is 1. The molecule has 31 heavy (non-hydrogen) atoms. The van der Waals surface area contributed by atoms with Crippen LogP contribution in [-0.4, -0.2) is 103 Å². The first-order chi connectivity index (χ1) is 14.4. The second kappa shape index (κ2) is 10.0. The van der Waals surface area contributed by atoms with Crippen molar-refractivity contribution < 1.29 is 34.7 Å². The zero-order valence-electron chi connectivity index (χ0n) is 18.4. The van der Waals surface area contributed by atoms with Crippen molar-refractivity contribution in [1.29, 1.82) is 0 Å². The van der Waals surface area contributed by atoms with Crippen molar-refractivity contribution in [1.82, 2.24) is 9.80 Å². The SMILES string of the molecule is CCOC(=O)C1CCC(N2CC(COS(C)(=O)=O)C2)CC1N1CC(COS(C)(=O)=O)C1. The maximum Gasteiger partial charge on any atom is 0.310 e. The molecule has 2 aliphatic heterocycles. The van der Waals surface area contributed by atoms with Gasteiger partial charge in [0.05, 0.1) is 38.3 Å². The first-order valence-corrected chi connectivity index (χ1v) is 14.4. The molecule has 3 atom stereocenters. The molecule has 0 bridgehead atoms. The van der Waals surface area contributed by atoms with Crippen LogP contribution in [0.3, 0.4) is 0 Å². The lowest BCUT2D eigenvalue weighted by Gasteiger charge is -2.53. The van der Waals surface area contributed by atoms with Crippen molar-refractivity contribution in [2.75, 3.05) is 58.5 Å². The Labute approximate surface area is 185 Å². The molecule has 1 aliphatic carbocycles. The summed E-state index contributed by atoms with van der Waals surface area (Å²) >= 11 is 0. The molecule has 3 unspecified atom stereocenters. The molecule has 0 aromatic carbocycles. The fourth-order valence-corrected chi connectivity index (χ4v) is 5.70. The molecule has 0 aromatic heterocycles. The normalized spacial score (nSPS) is 29.3. The Morgan fingerprint density at radius 1 is 0.871 bits per heavy atom. The number of hydrogen-bond acceptors (Lipinski definition) is 10. The van der Waals surface area contributed by atoms with E-state index in [4.69, 9.17) is 13.1 Å². The fraction of sp³-hybridized carbons (Fsp3) is 0.947. The van der Waals surface area contributed by atoms with E-state index in [1.807, 2.05) is 0 Å².